The first-order valence-electron chi connectivity index (χ1n) is 6.54. The molecule has 0 amide bonds. The number of halogens is 1. The van der Waals surface area contributed by atoms with Gasteiger partial charge in [-0.05, 0) is 53.4 Å². The largest absolute Gasteiger partial charge is 0.497 e. The van der Waals surface area contributed by atoms with Gasteiger partial charge in [0, 0.05) is 16.6 Å². The van der Waals surface area contributed by atoms with E-state index >= 15 is 0 Å². The number of methoxy groups -OCH3 is 1. The average Bonchev–Trinajstić information content (AvgIpc) is 2.85. The van der Waals surface area contributed by atoms with Crippen LogP contribution >= 0.6 is 15.9 Å². The van der Waals surface area contributed by atoms with Crippen molar-refractivity contribution in [3.63, 3.8) is 0 Å². The molecule has 0 bridgehead atoms. The summed E-state index contributed by atoms with van der Waals surface area (Å²) < 4.78 is 33.4. The highest BCUT2D eigenvalue weighted by Crippen LogP contribution is 2.30. The Morgan fingerprint density at radius 2 is 2.20 bits per heavy atom. The van der Waals surface area contributed by atoms with Crippen molar-refractivity contribution < 1.29 is 13.2 Å². The second kappa shape index (κ2) is 6.43. The number of hydrogen-bond donors (Lipinski definition) is 2. The minimum absolute atomic E-state index is 0.0805. The lowest BCUT2D eigenvalue weighted by atomic mass is 10.1. The molecule has 0 radical (unpaired) electrons. The Kier molecular flexibility index (Phi) is 5.06. The van der Waals surface area contributed by atoms with Crippen molar-refractivity contribution in [2.24, 2.45) is 11.7 Å². The van der Waals surface area contributed by atoms with Crippen molar-refractivity contribution in [1.29, 1.82) is 0 Å². The summed E-state index contributed by atoms with van der Waals surface area (Å²) >= 11 is 3.28. The second-order valence-corrected chi connectivity index (χ2v) is 7.49. The van der Waals surface area contributed by atoms with Crippen molar-refractivity contribution in [1.82, 2.24) is 4.72 Å². The molecule has 2 atom stereocenters. The molecule has 112 valence electrons. The molecule has 5 nitrogen and oxygen atoms in total. The zero-order chi connectivity index (χ0) is 14.8. The van der Waals surface area contributed by atoms with E-state index in [0.29, 0.717) is 16.8 Å². The summed E-state index contributed by atoms with van der Waals surface area (Å²) in [5.74, 6) is 0.726. The molecule has 0 spiro atoms. The summed E-state index contributed by atoms with van der Waals surface area (Å²) in [7, 11) is -2.07. The van der Waals surface area contributed by atoms with E-state index in [-0.39, 0.29) is 16.9 Å². The van der Waals surface area contributed by atoms with Crippen molar-refractivity contribution in [2.45, 2.75) is 30.2 Å². The van der Waals surface area contributed by atoms with Gasteiger partial charge in [0.05, 0.1) is 12.0 Å². The van der Waals surface area contributed by atoms with E-state index in [4.69, 9.17) is 10.5 Å². The summed E-state index contributed by atoms with van der Waals surface area (Å²) in [6.07, 6.45) is 2.82. The van der Waals surface area contributed by atoms with E-state index in [2.05, 4.69) is 20.7 Å². The molecular formula is C13H19BrN2O3S. The summed E-state index contributed by atoms with van der Waals surface area (Å²) in [4.78, 5) is 0.194. The van der Waals surface area contributed by atoms with Gasteiger partial charge in [0.25, 0.3) is 0 Å². The number of sulfonamides is 1. The summed E-state index contributed by atoms with van der Waals surface area (Å²) in [5.41, 5.74) is 5.69. The minimum atomic E-state index is -3.58. The first-order chi connectivity index (χ1) is 9.47. The fourth-order valence-corrected chi connectivity index (χ4v) is 4.87. The number of hydrogen-bond acceptors (Lipinski definition) is 4. The molecule has 0 aromatic heterocycles. The topological polar surface area (TPSA) is 81.4 Å². The lowest BCUT2D eigenvalue weighted by Gasteiger charge is -2.20. The minimum Gasteiger partial charge on any atom is -0.497 e. The maximum atomic E-state index is 12.5. The number of ether oxygens (including phenoxy) is 1. The van der Waals surface area contributed by atoms with Gasteiger partial charge in [-0.25, -0.2) is 13.1 Å². The lowest BCUT2D eigenvalue weighted by molar-refractivity contribution is 0.413. The molecule has 20 heavy (non-hydrogen) atoms. The van der Waals surface area contributed by atoms with Gasteiger partial charge in [-0.1, -0.05) is 6.42 Å². The molecule has 1 aliphatic rings. The standard InChI is InChI=1S/C13H19BrN2O3S/c1-19-10-5-6-11(14)13(7-10)20(17,18)16-12-4-2-3-9(12)8-15/h5-7,9,12,16H,2-4,8,15H2,1H3/t9-,12-/m0/s1. The molecular weight excluding hydrogens is 344 g/mol. The van der Waals surface area contributed by atoms with Gasteiger partial charge in [-0.2, -0.15) is 0 Å². The molecule has 7 heteroatoms. The number of benzene rings is 1. The van der Waals surface area contributed by atoms with Crippen molar-refractivity contribution in [2.75, 3.05) is 13.7 Å². The molecule has 2 rings (SSSR count). The first-order valence-corrected chi connectivity index (χ1v) is 8.81. The third kappa shape index (κ3) is 3.33. The lowest BCUT2D eigenvalue weighted by Crippen LogP contribution is -2.39. The maximum absolute atomic E-state index is 12.5. The van der Waals surface area contributed by atoms with Crippen LogP contribution in [0.5, 0.6) is 5.75 Å². The predicted molar refractivity (Wildman–Crippen MR) is 81.2 cm³/mol. The monoisotopic (exact) mass is 362 g/mol. The van der Waals surface area contributed by atoms with Gasteiger partial charge < -0.3 is 10.5 Å². The van der Waals surface area contributed by atoms with E-state index < -0.39 is 10.0 Å². The van der Waals surface area contributed by atoms with Gasteiger partial charge in [-0.3, -0.25) is 0 Å². The van der Waals surface area contributed by atoms with Gasteiger partial charge >= 0.3 is 0 Å². The number of rotatable bonds is 5. The van der Waals surface area contributed by atoms with Crippen LogP contribution in [0, 0.1) is 5.92 Å². The van der Waals surface area contributed by atoms with Crippen LogP contribution in [-0.2, 0) is 10.0 Å². The van der Waals surface area contributed by atoms with Crippen LogP contribution in [0.25, 0.3) is 0 Å². The third-order valence-corrected chi connectivity index (χ3v) is 6.18. The Hall–Kier alpha value is -0.630. The van der Waals surface area contributed by atoms with E-state index in [1.54, 1.807) is 12.1 Å². The highest BCUT2D eigenvalue weighted by atomic mass is 79.9. The van der Waals surface area contributed by atoms with E-state index in [9.17, 15) is 8.42 Å². The Morgan fingerprint density at radius 3 is 2.85 bits per heavy atom. The highest BCUT2D eigenvalue weighted by Gasteiger charge is 2.31. The first kappa shape index (κ1) is 15.8. The zero-order valence-electron chi connectivity index (χ0n) is 11.3. The maximum Gasteiger partial charge on any atom is 0.242 e. The number of nitrogens with two attached hydrogens (primary N) is 1. The van der Waals surface area contributed by atoms with Gasteiger partial charge in [-0.15, -0.1) is 0 Å². The zero-order valence-corrected chi connectivity index (χ0v) is 13.7. The van der Waals surface area contributed by atoms with Gasteiger partial charge in [0.15, 0.2) is 0 Å². The Labute approximate surface area is 128 Å². The Balaban J connectivity index is 2.26. The van der Waals surface area contributed by atoms with Crippen LogP contribution in [0.2, 0.25) is 0 Å². The SMILES string of the molecule is COc1ccc(Br)c(S(=O)(=O)N[C@H]2CCC[C@H]2CN)c1. The van der Waals surface area contributed by atoms with E-state index in [1.807, 2.05) is 0 Å². The molecule has 0 heterocycles. The second-order valence-electron chi connectivity index (χ2n) is 4.95. The summed E-state index contributed by atoms with van der Waals surface area (Å²) in [5, 5.41) is 0. The summed E-state index contributed by atoms with van der Waals surface area (Å²) in [6.45, 7) is 0.506. The quantitative estimate of drug-likeness (QED) is 0.837. The van der Waals surface area contributed by atoms with Crippen molar-refractivity contribution in [3.8, 4) is 5.75 Å². The summed E-state index contributed by atoms with van der Waals surface area (Å²) in [6, 6.07) is 4.81. The van der Waals surface area contributed by atoms with Crippen molar-refractivity contribution >= 4 is 26.0 Å². The Morgan fingerprint density at radius 1 is 1.45 bits per heavy atom. The smallest absolute Gasteiger partial charge is 0.242 e. The van der Waals surface area contributed by atoms with Crippen LogP contribution in [0.1, 0.15) is 19.3 Å². The van der Waals surface area contributed by atoms with Gasteiger partial charge in [0.1, 0.15) is 5.75 Å². The van der Waals surface area contributed by atoms with Crippen LogP contribution in [0.3, 0.4) is 0 Å². The third-order valence-electron chi connectivity index (χ3n) is 3.70. The van der Waals surface area contributed by atoms with Crippen LogP contribution < -0.4 is 15.2 Å². The van der Waals surface area contributed by atoms with E-state index in [0.717, 1.165) is 19.3 Å². The molecule has 1 aromatic rings. The highest BCUT2D eigenvalue weighted by molar-refractivity contribution is 9.10. The van der Waals surface area contributed by atoms with Crippen molar-refractivity contribution in [3.05, 3.63) is 22.7 Å². The molecule has 3 N–H and O–H groups in total. The number of nitrogens with one attached hydrogen (secondary N) is 1. The molecule has 1 aromatic carbocycles. The molecule has 1 fully saturated rings. The normalized spacial score (nSPS) is 22.9. The fraction of sp³-hybridized carbons (Fsp3) is 0.538. The average molecular weight is 363 g/mol. The molecule has 0 saturated heterocycles. The fourth-order valence-electron chi connectivity index (χ4n) is 2.55. The molecule has 1 aliphatic carbocycles. The molecule has 1 saturated carbocycles. The molecule has 0 unspecified atom stereocenters. The molecule has 0 aliphatic heterocycles. The van der Waals surface area contributed by atoms with Crippen LogP contribution in [-0.4, -0.2) is 28.1 Å². The Bertz CT molecular complexity index is 577. The van der Waals surface area contributed by atoms with E-state index in [1.165, 1.54) is 13.2 Å². The van der Waals surface area contributed by atoms with Crippen LogP contribution in [0.15, 0.2) is 27.6 Å². The van der Waals surface area contributed by atoms with Gasteiger partial charge in [0.2, 0.25) is 10.0 Å². The predicted octanol–water partition coefficient (Wildman–Crippen LogP) is 1.86. The van der Waals surface area contributed by atoms with Crippen LogP contribution in [0.4, 0.5) is 0 Å².